The van der Waals surface area contributed by atoms with Gasteiger partial charge in [-0.15, -0.1) is 0 Å². The molecule has 0 atom stereocenters. The van der Waals surface area contributed by atoms with Crippen molar-refractivity contribution in [3.05, 3.63) is 53.1 Å². The molecule has 0 fully saturated rings. The van der Waals surface area contributed by atoms with Gasteiger partial charge < -0.3 is 4.98 Å². The van der Waals surface area contributed by atoms with Crippen LogP contribution in [-0.4, -0.2) is 21.9 Å². The Morgan fingerprint density at radius 3 is 2.35 bits per heavy atom. The first-order valence-electron chi connectivity index (χ1n) is 6.95. The van der Waals surface area contributed by atoms with Gasteiger partial charge in [0.05, 0.1) is 11.0 Å². The zero-order valence-corrected chi connectivity index (χ0v) is 12.5. The quantitative estimate of drug-likeness (QED) is 0.702. The van der Waals surface area contributed by atoms with E-state index in [9.17, 15) is 18.0 Å². The Labute approximate surface area is 130 Å². The third kappa shape index (κ3) is 2.72. The van der Waals surface area contributed by atoms with Crippen molar-refractivity contribution in [3.8, 4) is 11.4 Å². The van der Waals surface area contributed by atoms with Crippen molar-refractivity contribution in [2.24, 2.45) is 0 Å². The standard InChI is InChI=1S/C17H13F3N2O/c1-9-4-3-5-10(2)14(9)16-21-12-7-6-11(8-13(12)22-16)15(23)17(18,19)20/h3-8H,1-2H3,(H,21,22). The van der Waals surface area contributed by atoms with Crippen LogP contribution in [0.25, 0.3) is 22.4 Å². The molecule has 0 unspecified atom stereocenters. The van der Waals surface area contributed by atoms with Crippen molar-refractivity contribution in [2.75, 3.05) is 0 Å². The summed E-state index contributed by atoms with van der Waals surface area (Å²) in [6.45, 7) is 3.88. The van der Waals surface area contributed by atoms with E-state index in [0.29, 0.717) is 16.9 Å². The zero-order valence-electron chi connectivity index (χ0n) is 12.5. The van der Waals surface area contributed by atoms with Crippen LogP contribution < -0.4 is 0 Å². The molecule has 0 spiro atoms. The van der Waals surface area contributed by atoms with Gasteiger partial charge in [-0.3, -0.25) is 4.79 Å². The molecule has 1 N–H and O–H groups in total. The molecule has 0 aliphatic rings. The maximum absolute atomic E-state index is 12.5. The predicted octanol–water partition coefficient (Wildman–Crippen LogP) is 4.59. The van der Waals surface area contributed by atoms with E-state index in [4.69, 9.17) is 0 Å². The molecule has 0 bridgehead atoms. The Bertz CT molecular complexity index is 890. The first-order valence-corrected chi connectivity index (χ1v) is 6.95. The maximum atomic E-state index is 12.5. The molecule has 0 aliphatic carbocycles. The van der Waals surface area contributed by atoms with Crippen molar-refractivity contribution in [1.82, 2.24) is 9.97 Å². The first-order chi connectivity index (χ1) is 10.8. The fraction of sp³-hybridized carbons (Fsp3) is 0.176. The molecular weight excluding hydrogens is 305 g/mol. The number of carbonyl (C=O) groups excluding carboxylic acids is 1. The lowest BCUT2D eigenvalue weighted by atomic mass is 10.0. The molecule has 2 aromatic carbocycles. The average molecular weight is 318 g/mol. The molecule has 0 radical (unpaired) electrons. The number of alkyl halides is 3. The van der Waals surface area contributed by atoms with Crippen LogP contribution in [0.5, 0.6) is 0 Å². The SMILES string of the molecule is Cc1cccc(C)c1-c1nc2cc(C(=O)C(F)(F)F)ccc2[nH]1. The summed E-state index contributed by atoms with van der Waals surface area (Å²) in [5, 5.41) is 0. The van der Waals surface area contributed by atoms with Crippen LogP contribution in [0.3, 0.4) is 0 Å². The highest BCUT2D eigenvalue weighted by Gasteiger charge is 2.39. The Balaban J connectivity index is 2.12. The number of carbonyl (C=O) groups is 1. The summed E-state index contributed by atoms with van der Waals surface area (Å²) >= 11 is 0. The molecular formula is C17H13F3N2O. The number of ketones is 1. The van der Waals surface area contributed by atoms with E-state index >= 15 is 0 Å². The van der Waals surface area contributed by atoms with Crippen molar-refractivity contribution in [2.45, 2.75) is 20.0 Å². The summed E-state index contributed by atoms with van der Waals surface area (Å²) in [6, 6.07) is 9.57. The molecule has 1 aromatic heterocycles. The number of rotatable bonds is 2. The Kier molecular flexibility index (Phi) is 3.47. The number of nitrogens with zero attached hydrogens (tertiary/aromatic N) is 1. The minimum absolute atomic E-state index is 0.331. The molecule has 0 saturated heterocycles. The number of nitrogens with one attached hydrogen (secondary N) is 1. The number of hydrogen-bond donors (Lipinski definition) is 1. The van der Waals surface area contributed by atoms with Gasteiger partial charge in [0.15, 0.2) is 0 Å². The van der Waals surface area contributed by atoms with E-state index in [1.807, 2.05) is 32.0 Å². The molecule has 3 nitrogen and oxygen atoms in total. The van der Waals surface area contributed by atoms with Gasteiger partial charge in [0.25, 0.3) is 5.78 Å². The Morgan fingerprint density at radius 2 is 1.74 bits per heavy atom. The summed E-state index contributed by atoms with van der Waals surface area (Å²) < 4.78 is 37.6. The van der Waals surface area contributed by atoms with Crippen molar-refractivity contribution in [3.63, 3.8) is 0 Å². The number of imidazole rings is 1. The van der Waals surface area contributed by atoms with Gasteiger partial charge in [-0.2, -0.15) is 13.2 Å². The topological polar surface area (TPSA) is 45.8 Å². The fourth-order valence-electron chi connectivity index (χ4n) is 2.62. The maximum Gasteiger partial charge on any atom is 0.454 e. The fourth-order valence-corrected chi connectivity index (χ4v) is 2.62. The molecule has 3 rings (SSSR count). The van der Waals surface area contributed by atoms with Crippen LogP contribution in [0.4, 0.5) is 13.2 Å². The van der Waals surface area contributed by atoms with Crippen LogP contribution in [0.1, 0.15) is 21.5 Å². The number of aryl methyl sites for hydroxylation is 2. The van der Waals surface area contributed by atoms with E-state index in [0.717, 1.165) is 22.8 Å². The number of hydrogen-bond acceptors (Lipinski definition) is 2. The number of aromatic amines is 1. The van der Waals surface area contributed by atoms with Gasteiger partial charge in [-0.1, -0.05) is 18.2 Å². The molecule has 23 heavy (non-hydrogen) atoms. The number of fused-ring (bicyclic) bond motifs is 1. The lowest BCUT2D eigenvalue weighted by Crippen LogP contribution is -2.22. The second-order valence-corrected chi connectivity index (χ2v) is 5.41. The van der Waals surface area contributed by atoms with Gasteiger partial charge in [0.1, 0.15) is 5.82 Å². The van der Waals surface area contributed by atoms with Gasteiger partial charge in [0, 0.05) is 11.1 Å². The average Bonchev–Trinajstić information content (AvgIpc) is 2.87. The smallest absolute Gasteiger partial charge is 0.338 e. The highest BCUT2D eigenvalue weighted by atomic mass is 19.4. The molecule has 3 aromatic rings. The van der Waals surface area contributed by atoms with Crippen molar-refractivity contribution in [1.29, 1.82) is 0 Å². The normalized spacial score (nSPS) is 11.9. The molecule has 0 saturated carbocycles. The monoisotopic (exact) mass is 318 g/mol. The van der Waals surface area contributed by atoms with Gasteiger partial charge in [-0.25, -0.2) is 4.98 Å². The molecule has 0 amide bonds. The van der Waals surface area contributed by atoms with Crippen molar-refractivity contribution < 1.29 is 18.0 Å². The predicted molar refractivity (Wildman–Crippen MR) is 81.4 cm³/mol. The summed E-state index contributed by atoms with van der Waals surface area (Å²) in [6.07, 6.45) is -4.89. The van der Waals surface area contributed by atoms with Gasteiger partial charge in [-0.05, 0) is 43.2 Å². The largest absolute Gasteiger partial charge is 0.454 e. The minimum atomic E-state index is -4.89. The van der Waals surface area contributed by atoms with Gasteiger partial charge >= 0.3 is 6.18 Å². The number of Topliss-reactive ketones (excluding diaryl/α,β-unsaturated/α-hetero) is 1. The van der Waals surface area contributed by atoms with Crippen LogP contribution in [0.2, 0.25) is 0 Å². The second-order valence-electron chi connectivity index (χ2n) is 5.41. The van der Waals surface area contributed by atoms with E-state index in [1.165, 1.54) is 12.1 Å². The van der Waals surface area contributed by atoms with E-state index in [1.54, 1.807) is 0 Å². The third-order valence-corrected chi connectivity index (χ3v) is 3.72. The summed E-state index contributed by atoms with van der Waals surface area (Å²) in [5.41, 5.74) is 3.43. The van der Waals surface area contributed by atoms with E-state index < -0.39 is 17.5 Å². The van der Waals surface area contributed by atoms with Crippen LogP contribution in [0.15, 0.2) is 36.4 Å². The summed E-state index contributed by atoms with van der Waals surface area (Å²) in [4.78, 5) is 18.8. The number of benzene rings is 2. The molecule has 6 heteroatoms. The lowest BCUT2D eigenvalue weighted by Gasteiger charge is -2.05. The zero-order chi connectivity index (χ0) is 16.8. The second kappa shape index (κ2) is 5.22. The summed E-state index contributed by atoms with van der Waals surface area (Å²) in [7, 11) is 0. The molecule has 1 heterocycles. The van der Waals surface area contributed by atoms with E-state index in [2.05, 4.69) is 9.97 Å². The Hall–Kier alpha value is -2.63. The van der Waals surface area contributed by atoms with Gasteiger partial charge in [0.2, 0.25) is 0 Å². The van der Waals surface area contributed by atoms with Crippen LogP contribution >= 0.6 is 0 Å². The molecule has 118 valence electrons. The highest BCUT2D eigenvalue weighted by molar-refractivity contribution is 6.02. The van der Waals surface area contributed by atoms with E-state index in [-0.39, 0.29) is 0 Å². The minimum Gasteiger partial charge on any atom is -0.338 e. The number of halogens is 3. The number of aromatic nitrogens is 2. The lowest BCUT2D eigenvalue weighted by molar-refractivity contribution is -0.0885. The number of H-pyrrole nitrogens is 1. The third-order valence-electron chi connectivity index (χ3n) is 3.72. The summed E-state index contributed by atoms with van der Waals surface area (Å²) in [5.74, 6) is -1.29. The first kappa shape index (κ1) is 15.3. The highest BCUT2D eigenvalue weighted by Crippen LogP contribution is 2.28. The van der Waals surface area contributed by atoms with Crippen LogP contribution in [0, 0.1) is 13.8 Å². The Morgan fingerprint density at radius 1 is 1.09 bits per heavy atom. The van der Waals surface area contributed by atoms with Crippen molar-refractivity contribution >= 4 is 16.8 Å². The molecule has 0 aliphatic heterocycles. The van der Waals surface area contributed by atoms with Crippen LogP contribution in [-0.2, 0) is 0 Å².